The number of ether oxygens (including phenoxy) is 3. The molecule has 0 aromatic heterocycles. The van der Waals surface area contributed by atoms with Crippen molar-refractivity contribution in [3.8, 4) is 5.75 Å². The molecule has 0 radical (unpaired) electrons. The Hall–Kier alpha value is -2.50. The van der Waals surface area contributed by atoms with E-state index in [1.54, 1.807) is 12.1 Å². The summed E-state index contributed by atoms with van der Waals surface area (Å²) in [5, 5.41) is -4.45. The van der Waals surface area contributed by atoms with Crippen LogP contribution >= 0.6 is 0 Å². The molecule has 0 fully saturated rings. The van der Waals surface area contributed by atoms with Gasteiger partial charge in [-0.25, -0.2) is 0 Å². The highest BCUT2D eigenvalue weighted by atomic mass is 32.2. The number of halogens is 2. The average molecular weight is 582 g/mol. The van der Waals surface area contributed by atoms with Crippen molar-refractivity contribution < 1.29 is 36.0 Å². The molecule has 212 valence electrons. The van der Waals surface area contributed by atoms with Crippen LogP contribution in [0, 0.1) is 0 Å². The van der Waals surface area contributed by atoms with E-state index in [9.17, 15) is 17.2 Å². The van der Waals surface area contributed by atoms with Crippen molar-refractivity contribution in [3.63, 3.8) is 0 Å². The first-order valence-electron chi connectivity index (χ1n) is 12.7. The van der Waals surface area contributed by atoms with Gasteiger partial charge in [0, 0.05) is 5.56 Å². The lowest BCUT2D eigenvalue weighted by atomic mass is 10.1. The van der Waals surface area contributed by atoms with Crippen LogP contribution in [0.5, 0.6) is 5.75 Å². The van der Waals surface area contributed by atoms with Gasteiger partial charge >= 0.3 is 15.4 Å². The Labute approximate surface area is 232 Å². The van der Waals surface area contributed by atoms with Crippen LogP contribution in [0.2, 0.25) is 0 Å². The number of hydrogen-bond acceptors (Lipinski definition) is 5. The standard InChI is InChI=1S/C29H34F2O6S2/c1-5-20-35-28(4,36-21-6-2)23-12-16-26(17-13-23)38(25-10-8-7-9-11-25)27-18-14-24(15-19-27)37-22(3)29(30,31)39(32,33)34/h7-19,22H,5-6,20-21H2,1-4H3/p+1. The van der Waals surface area contributed by atoms with Gasteiger partial charge in [-0.1, -0.05) is 32.0 Å². The van der Waals surface area contributed by atoms with Crippen molar-refractivity contribution in [2.45, 2.75) is 72.4 Å². The molecule has 0 saturated carbocycles. The Morgan fingerprint density at radius 1 is 0.821 bits per heavy atom. The fourth-order valence-electron chi connectivity index (χ4n) is 3.80. The van der Waals surface area contributed by atoms with Crippen LogP contribution in [-0.4, -0.2) is 37.5 Å². The largest absolute Gasteiger partial charge is 0.483 e. The van der Waals surface area contributed by atoms with E-state index in [0.29, 0.717) is 13.2 Å². The normalized spacial score (nSPS) is 14.1. The van der Waals surface area contributed by atoms with Crippen molar-refractivity contribution >= 4 is 21.0 Å². The lowest BCUT2D eigenvalue weighted by molar-refractivity contribution is -0.234. The zero-order chi connectivity index (χ0) is 28.7. The quantitative estimate of drug-likeness (QED) is 0.125. The number of benzene rings is 3. The molecule has 0 aliphatic carbocycles. The Bertz CT molecular complexity index is 1280. The minimum Gasteiger partial charge on any atom is -0.483 e. The maximum Gasteiger partial charge on any atom is 0.405 e. The van der Waals surface area contributed by atoms with Crippen molar-refractivity contribution in [2.24, 2.45) is 0 Å². The number of alkyl halides is 2. The predicted octanol–water partition coefficient (Wildman–Crippen LogP) is 7.06. The van der Waals surface area contributed by atoms with Gasteiger partial charge in [0.25, 0.3) is 0 Å². The summed E-state index contributed by atoms with van der Waals surface area (Å²) in [5.74, 6) is -0.811. The van der Waals surface area contributed by atoms with Gasteiger partial charge in [-0.2, -0.15) is 17.2 Å². The van der Waals surface area contributed by atoms with Gasteiger partial charge in [-0.3, -0.25) is 4.55 Å². The Morgan fingerprint density at radius 2 is 1.28 bits per heavy atom. The average Bonchev–Trinajstić information content (AvgIpc) is 2.92. The molecule has 3 rings (SSSR count). The molecule has 6 nitrogen and oxygen atoms in total. The Kier molecular flexibility index (Phi) is 10.5. The van der Waals surface area contributed by atoms with Gasteiger partial charge in [-0.15, -0.1) is 0 Å². The van der Waals surface area contributed by atoms with Crippen molar-refractivity contribution in [2.75, 3.05) is 13.2 Å². The SMILES string of the molecule is CCCOC(C)(OCCC)c1ccc([S+](c2ccccc2)c2ccc(OC(C)C(F)(F)S(=O)(=O)O)cc2)cc1. The van der Waals surface area contributed by atoms with Gasteiger partial charge in [0.05, 0.1) is 24.1 Å². The summed E-state index contributed by atoms with van der Waals surface area (Å²) in [6.45, 7) is 8.05. The third-order valence-electron chi connectivity index (χ3n) is 5.95. The van der Waals surface area contributed by atoms with E-state index in [0.717, 1.165) is 40.0 Å². The van der Waals surface area contributed by atoms with Crippen LogP contribution in [0.15, 0.2) is 93.5 Å². The van der Waals surface area contributed by atoms with E-state index in [2.05, 4.69) is 0 Å². The van der Waals surface area contributed by atoms with Crippen LogP contribution in [0.25, 0.3) is 0 Å². The summed E-state index contributed by atoms with van der Waals surface area (Å²) in [6, 6.07) is 24.5. The maximum absolute atomic E-state index is 13.9. The van der Waals surface area contributed by atoms with E-state index in [4.69, 9.17) is 18.8 Å². The third kappa shape index (κ3) is 7.58. The van der Waals surface area contributed by atoms with Crippen LogP contribution in [0.3, 0.4) is 0 Å². The van der Waals surface area contributed by atoms with E-state index >= 15 is 0 Å². The molecule has 0 spiro atoms. The van der Waals surface area contributed by atoms with Crippen LogP contribution in [0.4, 0.5) is 8.78 Å². The molecule has 0 bridgehead atoms. The smallest absolute Gasteiger partial charge is 0.405 e. The Morgan fingerprint density at radius 3 is 1.74 bits per heavy atom. The summed E-state index contributed by atoms with van der Waals surface area (Å²) in [5.41, 5.74) is 0.905. The number of hydrogen-bond donors (Lipinski definition) is 1. The second kappa shape index (κ2) is 13.2. The molecule has 0 amide bonds. The summed E-state index contributed by atoms with van der Waals surface area (Å²) in [4.78, 5) is 2.98. The first-order chi connectivity index (χ1) is 18.4. The molecule has 0 heterocycles. The second-order valence-electron chi connectivity index (χ2n) is 9.05. The monoisotopic (exact) mass is 581 g/mol. The van der Waals surface area contributed by atoms with Crippen LogP contribution in [0.1, 0.15) is 46.1 Å². The molecule has 0 saturated heterocycles. The molecule has 2 unspecified atom stereocenters. The minimum atomic E-state index is -5.62. The maximum atomic E-state index is 13.9. The predicted molar refractivity (Wildman–Crippen MR) is 148 cm³/mol. The van der Waals surface area contributed by atoms with Gasteiger partial charge < -0.3 is 14.2 Å². The molecule has 1 N–H and O–H groups in total. The highest BCUT2D eigenvalue weighted by Crippen LogP contribution is 2.35. The topological polar surface area (TPSA) is 82.1 Å². The third-order valence-corrected chi connectivity index (χ3v) is 9.20. The van der Waals surface area contributed by atoms with Crippen LogP contribution in [-0.2, 0) is 36.3 Å². The van der Waals surface area contributed by atoms with E-state index in [1.165, 1.54) is 12.1 Å². The fraction of sp³-hybridized carbons (Fsp3) is 0.379. The molecule has 3 aromatic carbocycles. The molecular weight excluding hydrogens is 546 g/mol. The molecule has 0 aliphatic rings. The molecular formula is C29H35F2O6S2+. The Balaban J connectivity index is 1.92. The zero-order valence-electron chi connectivity index (χ0n) is 22.5. The first-order valence-corrected chi connectivity index (χ1v) is 15.4. The minimum absolute atomic E-state index is 0.0541. The lowest BCUT2D eigenvalue weighted by Crippen LogP contribution is -2.42. The van der Waals surface area contributed by atoms with Crippen molar-refractivity contribution in [3.05, 3.63) is 84.4 Å². The van der Waals surface area contributed by atoms with Gasteiger partial charge in [-0.05, 0) is 87.4 Å². The van der Waals surface area contributed by atoms with Gasteiger partial charge in [0.1, 0.15) is 5.75 Å². The zero-order valence-corrected chi connectivity index (χ0v) is 24.1. The molecule has 10 heteroatoms. The van der Waals surface area contributed by atoms with Gasteiger partial charge in [0.15, 0.2) is 26.6 Å². The molecule has 2 atom stereocenters. The van der Waals surface area contributed by atoms with Crippen molar-refractivity contribution in [1.29, 1.82) is 0 Å². The van der Waals surface area contributed by atoms with Gasteiger partial charge in [0.2, 0.25) is 0 Å². The number of rotatable bonds is 14. The fourth-order valence-corrected chi connectivity index (χ4v) is 6.33. The first kappa shape index (κ1) is 31.0. The summed E-state index contributed by atoms with van der Waals surface area (Å²) < 4.78 is 76.1. The van der Waals surface area contributed by atoms with E-state index < -0.39 is 38.2 Å². The summed E-state index contributed by atoms with van der Waals surface area (Å²) >= 11 is 0. The lowest BCUT2D eigenvalue weighted by Gasteiger charge is -2.30. The van der Waals surface area contributed by atoms with Crippen LogP contribution < -0.4 is 4.74 Å². The molecule has 39 heavy (non-hydrogen) atoms. The molecule has 0 aliphatic heterocycles. The van der Waals surface area contributed by atoms with E-state index in [-0.39, 0.29) is 5.75 Å². The van der Waals surface area contributed by atoms with Crippen molar-refractivity contribution in [1.82, 2.24) is 0 Å². The van der Waals surface area contributed by atoms with E-state index in [1.807, 2.05) is 75.4 Å². The second-order valence-corrected chi connectivity index (χ2v) is 12.6. The highest BCUT2D eigenvalue weighted by molar-refractivity contribution is 7.97. The summed E-state index contributed by atoms with van der Waals surface area (Å²) in [7, 11) is -6.15. The molecule has 3 aromatic rings. The highest BCUT2D eigenvalue weighted by Gasteiger charge is 2.51. The summed E-state index contributed by atoms with van der Waals surface area (Å²) in [6.07, 6.45) is -0.350.